The van der Waals surface area contributed by atoms with Gasteiger partial charge in [-0.2, -0.15) is 5.10 Å². The third-order valence-electron chi connectivity index (χ3n) is 4.39. The van der Waals surface area contributed by atoms with E-state index >= 15 is 0 Å². The quantitative estimate of drug-likeness (QED) is 0.397. The van der Waals surface area contributed by atoms with Crippen LogP contribution in [0.2, 0.25) is 0 Å². The fourth-order valence-electron chi connectivity index (χ4n) is 2.99. The molecule has 2 aromatic carbocycles. The number of hydrogen-bond donors (Lipinski definition) is 1. The van der Waals surface area contributed by atoms with Gasteiger partial charge in [-0.25, -0.2) is 9.67 Å². The monoisotopic (exact) mass is 421 g/mol. The number of aryl methyl sites for hydroxylation is 2. The Bertz CT molecular complexity index is 1380. The average molecular weight is 421 g/mol. The zero-order valence-corrected chi connectivity index (χ0v) is 16.8. The predicted octanol–water partition coefficient (Wildman–Crippen LogP) is 3.62. The molecule has 0 aliphatic carbocycles. The minimum Gasteiger partial charge on any atom is -0.296 e. The number of aromatic nitrogens is 3. The normalized spacial score (nSPS) is 10.9. The van der Waals surface area contributed by atoms with E-state index in [-0.39, 0.29) is 17.1 Å². The predicted molar refractivity (Wildman–Crippen MR) is 114 cm³/mol. The van der Waals surface area contributed by atoms with Crippen molar-refractivity contribution >= 4 is 38.3 Å². The molecule has 0 saturated carbocycles. The molecular weight excluding hydrogens is 406 g/mol. The largest absolute Gasteiger partial charge is 0.296 e. The number of carbonyl (C=O) groups is 1. The summed E-state index contributed by atoms with van der Waals surface area (Å²) in [5, 5.41) is 18.4. The Morgan fingerprint density at radius 2 is 1.93 bits per heavy atom. The number of hydrogen-bond acceptors (Lipinski definition) is 7. The smallest absolute Gasteiger partial charge is 0.294 e. The van der Waals surface area contributed by atoms with Crippen molar-refractivity contribution in [3.8, 4) is 5.69 Å². The summed E-state index contributed by atoms with van der Waals surface area (Å²) in [6.45, 7) is 3.54. The van der Waals surface area contributed by atoms with Crippen LogP contribution in [0, 0.1) is 24.0 Å². The van der Waals surface area contributed by atoms with Gasteiger partial charge in [0.05, 0.1) is 15.1 Å². The topological polar surface area (TPSA) is 120 Å². The summed E-state index contributed by atoms with van der Waals surface area (Å²) in [5.41, 5.74) is 1.16. The van der Waals surface area contributed by atoms with Gasteiger partial charge in [0, 0.05) is 17.8 Å². The van der Waals surface area contributed by atoms with Crippen molar-refractivity contribution < 1.29 is 9.72 Å². The van der Waals surface area contributed by atoms with Crippen LogP contribution in [-0.2, 0) is 0 Å². The van der Waals surface area contributed by atoms with Gasteiger partial charge in [0.2, 0.25) is 5.43 Å². The van der Waals surface area contributed by atoms with Crippen LogP contribution < -0.4 is 10.7 Å². The Morgan fingerprint density at radius 3 is 2.70 bits per heavy atom. The van der Waals surface area contributed by atoms with Crippen molar-refractivity contribution in [2.24, 2.45) is 0 Å². The van der Waals surface area contributed by atoms with Crippen LogP contribution in [0.3, 0.4) is 0 Å². The lowest BCUT2D eigenvalue weighted by Crippen LogP contribution is -2.27. The standard InChI is InChI=1S/C20H15N5O4S/c1-11-7-8-13-17(9-11)30-20(21-13)22-19(27)18-16(26)10-12(2)24(23-18)14-5-3-4-6-15(14)25(28)29/h3-10H,1-2H3,(H,21,22,27). The van der Waals surface area contributed by atoms with Crippen LogP contribution in [0.25, 0.3) is 15.9 Å². The molecule has 4 aromatic rings. The lowest BCUT2D eigenvalue weighted by Gasteiger charge is -2.11. The number of nitrogens with one attached hydrogen (secondary N) is 1. The summed E-state index contributed by atoms with van der Waals surface area (Å²) in [6.07, 6.45) is 0. The first kappa shape index (κ1) is 19.4. The van der Waals surface area contributed by atoms with Gasteiger partial charge in [0.1, 0.15) is 5.69 Å². The Hall–Kier alpha value is -3.92. The molecule has 0 bridgehead atoms. The number of benzene rings is 2. The van der Waals surface area contributed by atoms with Crippen LogP contribution in [0.4, 0.5) is 10.8 Å². The molecule has 1 amide bonds. The molecule has 0 atom stereocenters. The highest BCUT2D eigenvalue weighted by Crippen LogP contribution is 2.27. The number of fused-ring (bicyclic) bond motifs is 1. The Labute approximate surface area is 173 Å². The lowest BCUT2D eigenvalue weighted by atomic mass is 10.2. The summed E-state index contributed by atoms with van der Waals surface area (Å²) in [7, 11) is 0. The molecule has 0 saturated heterocycles. The summed E-state index contributed by atoms with van der Waals surface area (Å²) in [6, 6.07) is 12.9. The fraction of sp³-hybridized carbons (Fsp3) is 0.100. The van der Waals surface area contributed by atoms with E-state index in [0.29, 0.717) is 10.8 Å². The Balaban J connectivity index is 1.74. The van der Waals surface area contributed by atoms with Crippen LogP contribution >= 0.6 is 11.3 Å². The van der Waals surface area contributed by atoms with Gasteiger partial charge in [-0.1, -0.05) is 29.5 Å². The number of thiazole rings is 1. The minimum atomic E-state index is -0.733. The Morgan fingerprint density at radius 1 is 1.17 bits per heavy atom. The number of nitrogens with zero attached hydrogens (tertiary/aromatic N) is 4. The molecule has 2 aromatic heterocycles. The van der Waals surface area contributed by atoms with E-state index in [2.05, 4.69) is 15.4 Å². The van der Waals surface area contributed by atoms with Crippen LogP contribution in [0.15, 0.2) is 53.3 Å². The van der Waals surface area contributed by atoms with Gasteiger partial charge in [-0.05, 0) is 37.6 Å². The van der Waals surface area contributed by atoms with Gasteiger partial charge >= 0.3 is 0 Å². The number of carbonyl (C=O) groups excluding carboxylic acids is 1. The molecule has 0 radical (unpaired) electrons. The zero-order valence-electron chi connectivity index (χ0n) is 15.9. The zero-order chi connectivity index (χ0) is 21.4. The molecule has 0 unspecified atom stereocenters. The fourth-order valence-corrected chi connectivity index (χ4v) is 3.95. The van der Waals surface area contributed by atoms with E-state index in [1.807, 2.05) is 25.1 Å². The van der Waals surface area contributed by atoms with Crippen molar-refractivity contribution in [2.45, 2.75) is 13.8 Å². The maximum atomic E-state index is 12.7. The molecule has 9 nitrogen and oxygen atoms in total. The molecule has 1 N–H and O–H groups in total. The van der Waals surface area contributed by atoms with Crippen molar-refractivity contribution in [1.82, 2.24) is 14.8 Å². The number of rotatable bonds is 4. The van der Waals surface area contributed by atoms with E-state index in [4.69, 9.17) is 0 Å². The van der Waals surface area contributed by atoms with Gasteiger partial charge in [-0.3, -0.25) is 25.0 Å². The number of nitro benzene ring substituents is 1. The van der Waals surface area contributed by atoms with E-state index in [1.165, 1.54) is 40.3 Å². The summed E-state index contributed by atoms with van der Waals surface area (Å²) >= 11 is 1.28. The van der Waals surface area contributed by atoms with E-state index < -0.39 is 16.3 Å². The van der Waals surface area contributed by atoms with Gasteiger partial charge in [0.25, 0.3) is 11.6 Å². The van der Waals surface area contributed by atoms with E-state index in [1.54, 1.807) is 13.0 Å². The lowest BCUT2D eigenvalue weighted by molar-refractivity contribution is -0.384. The average Bonchev–Trinajstić information content (AvgIpc) is 3.09. The van der Waals surface area contributed by atoms with Gasteiger partial charge in [0.15, 0.2) is 10.8 Å². The molecule has 30 heavy (non-hydrogen) atoms. The highest BCUT2D eigenvalue weighted by Gasteiger charge is 2.21. The molecule has 0 spiro atoms. The molecular formula is C20H15N5O4S. The van der Waals surface area contributed by atoms with Crippen LogP contribution in [-0.4, -0.2) is 25.6 Å². The highest BCUT2D eigenvalue weighted by atomic mass is 32.1. The molecule has 0 aliphatic heterocycles. The van der Waals surface area contributed by atoms with Crippen molar-refractivity contribution in [3.05, 3.63) is 85.8 Å². The first-order chi connectivity index (χ1) is 14.3. The van der Waals surface area contributed by atoms with Crippen molar-refractivity contribution in [1.29, 1.82) is 0 Å². The summed E-state index contributed by atoms with van der Waals surface area (Å²) in [4.78, 5) is 40.3. The van der Waals surface area contributed by atoms with Crippen LogP contribution in [0.5, 0.6) is 0 Å². The van der Waals surface area contributed by atoms with Crippen molar-refractivity contribution in [3.63, 3.8) is 0 Å². The second-order valence-corrected chi connectivity index (χ2v) is 7.63. The minimum absolute atomic E-state index is 0.157. The number of amides is 1. The van der Waals surface area contributed by atoms with Crippen LogP contribution in [0.1, 0.15) is 21.7 Å². The van der Waals surface area contributed by atoms with Gasteiger partial charge < -0.3 is 0 Å². The molecule has 0 fully saturated rings. The van der Waals surface area contributed by atoms with E-state index in [0.717, 1.165) is 15.8 Å². The molecule has 150 valence electrons. The maximum Gasteiger partial charge on any atom is 0.294 e. The maximum absolute atomic E-state index is 12.7. The first-order valence-corrected chi connectivity index (χ1v) is 9.68. The molecule has 0 aliphatic rings. The molecule has 2 heterocycles. The number of anilines is 1. The van der Waals surface area contributed by atoms with E-state index in [9.17, 15) is 19.7 Å². The third-order valence-corrected chi connectivity index (χ3v) is 5.33. The Kier molecular flexibility index (Phi) is 4.84. The third kappa shape index (κ3) is 3.55. The second kappa shape index (κ2) is 7.48. The summed E-state index contributed by atoms with van der Waals surface area (Å²) in [5.74, 6) is -0.733. The molecule has 10 heteroatoms. The summed E-state index contributed by atoms with van der Waals surface area (Å²) < 4.78 is 2.12. The second-order valence-electron chi connectivity index (χ2n) is 6.60. The number of para-hydroxylation sites is 2. The highest BCUT2D eigenvalue weighted by molar-refractivity contribution is 7.22. The van der Waals surface area contributed by atoms with Gasteiger partial charge in [-0.15, -0.1) is 0 Å². The SMILES string of the molecule is Cc1ccc2nc(NC(=O)c3nn(-c4ccccc4[N+](=O)[O-])c(C)cc3=O)sc2c1. The molecule has 4 rings (SSSR count). The van der Waals surface area contributed by atoms with Crippen molar-refractivity contribution in [2.75, 3.05) is 5.32 Å². The first-order valence-electron chi connectivity index (χ1n) is 8.87. The number of nitro groups is 1.